The van der Waals surface area contributed by atoms with Gasteiger partial charge in [-0.15, -0.1) is 0 Å². The van der Waals surface area contributed by atoms with Crippen LogP contribution in [-0.2, 0) is 0 Å². The first-order valence-corrected chi connectivity index (χ1v) is 5.40. The number of nitrogens with zero attached hydrogens (tertiary/aromatic N) is 1. The van der Waals surface area contributed by atoms with E-state index in [0.29, 0.717) is 0 Å². The summed E-state index contributed by atoms with van der Waals surface area (Å²) in [6.07, 6.45) is 5.14. The predicted octanol–water partition coefficient (Wildman–Crippen LogP) is 3.03. The lowest BCUT2D eigenvalue weighted by molar-refractivity contribution is 0.590. The van der Waals surface area contributed by atoms with Gasteiger partial charge in [0.05, 0.1) is 5.69 Å². The second-order valence-corrected chi connectivity index (χ2v) is 4.06. The Labute approximate surface area is 87.7 Å². The summed E-state index contributed by atoms with van der Waals surface area (Å²) in [4.78, 5) is 4.24. The maximum absolute atomic E-state index is 5.97. The zero-order chi connectivity index (χ0) is 9.68. The number of rotatable bonds is 4. The number of hydrogen-bond donors (Lipinski definition) is 1. The fraction of sp³-hybridized carbons (Fsp3) is 0.500. The van der Waals surface area contributed by atoms with Crippen LogP contribution in [0.2, 0.25) is 0 Å². The Morgan fingerprint density at radius 1 is 1.62 bits per heavy atom. The summed E-state index contributed by atoms with van der Waals surface area (Å²) in [5.74, 6) is 0. The van der Waals surface area contributed by atoms with E-state index < -0.39 is 0 Å². The predicted molar refractivity (Wildman–Crippen MR) is 58.4 cm³/mol. The van der Waals surface area contributed by atoms with Gasteiger partial charge in [-0.1, -0.05) is 35.7 Å². The first-order valence-electron chi connectivity index (χ1n) is 4.61. The fourth-order valence-electron chi connectivity index (χ4n) is 1.20. The number of aromatic nitrogens is 1. The molecule has 0 saturated carbocycles. The van der Waals surface area contributed by atoms with Gasteiger partial charge in [-0.3, -0.25) is 4.98 Å². The highest BCUT2D eigenvalue weighted by molar-refractivity contribution is 9.10. The Morgan fingerprint density at radius 2 is 2.38 bits per heavy atom. The van der Waals surface area contributed by atoms with Gasteiger partial charge in [0.15, 0.2) is 0 Å². The van der Waals surface area contributed by atoms with Crippen LogP contribution in [0.5, 0.6) is 0 Å². The van der Waals surface area contributed by atoms with Crippen molar-refractivity contribution in [3.05, 3.63) is 28.5 Å². The van der Waals surface area contributed by atoms with Gasteiger partial charge in [0.25, 0.3) is 0 Å². The van der Waals surface area contributed by atoms with Crippen molar-refractivity contribution in [2.75, 3.05) is 0 Å². The third-order valence-corrected chi connectivity index (χ3v) is 2.48. The lowest BCUT2D eigenvalue weighted by atomic mass is 10.1. The van der Waals surface area contributed by atoms with E-state index in [9.17, 15) is 0 Å². The summed E-state index contributed by atoms with van der Waals surface area (Å²) in [6, 6.07) is 3.98. The number of nitrogens with two attached hydrogens (primary N) is 1. The van der Waals surface area contributed by atoms with Crippen LogP contribution in [0.4, 0.5) is 0 Å². The zero-order valence-corrected chi connectivity index (χ0v) is 9.42. The molecule has 1 rings (SSSR count). The van der Waals surface area contributed by atoms with Gasteiger partial charge >= 0.3 is 0 Å². The number of pyridine rings is 1. The second kappa shape index (κ2) is 5.35. The van der Waals surface area contributed by atoms with Crippen molar-refractivity contribution in [3.63, 3.8) is 0 Å². The Hall–Kier alpha value is -0.410. The Balaban J connectivity index is 2.60. The molecule has 1 aromatic rings. The molecule has 0 aromatic carbocycles. The summed E-state index contributed by atoms with van der Waals surface area (Å²) >= 11 is 3.40. The van der Waals surface area contributed by atoms with Crippen LogP contribution in [0, 0.1) is 0 Å². The van der Waals surface area contributed by atoms with Gasteiger partial charge in [0.2, 0.25) is 0 Å². The average molecular weight is 243 g/mol. The summed E-state index contributed by atoms with van der Waals surface area (Å²) < 4.78 is 1.05. The molecule has 3 heteroatoms. The summed E-state index contributed by atoms with van der Waals surface area (Å²) in [5.41, 5.74) is 6.94. The highest BCUT2D eigenvalue weighted by Gasteiger charge is 2.06. The molecule has 0 fully saturated rings. The van der Waals surface area contributed by atoms with E-state index in [0.717, 1.165) is 23.0 Å². The van der Waals surface area contributed by atoms with Crippen LogP contribution in [0.25, 0.3) is 0 Å². The van der Waals surface area contributed by atoms with Crippen molar-refractivity contribution in [2.24, 2.45) is 5.73 Å². The van der Waals surface area contributed by atoms with Crippen molar-refractivity contribution in [3.8, 4) is 0 Å². The maximum atomic E-state index is 5.97. The summed E-state index contributed by atoms with van der Waals surface area (Å²) in [5, 5.41) is 0. The van der Waals surface area contributed by atoms with Gasteiger partial charge in [-0.2, -0.15) is 0 Å². The third kappa shape index (κ3) is 3.44. The molecule has 0 aliphatic rings. The highest BCUT2D eigenvalue weighted by Crippen LogP contribution is 2.17. The quantitative estimate of drug-likeness (QED) is 0.882. The number of halogens is 1. The van der Waals surface area contributed by atoms with Crippen LogP contribution < -0.4 is 5.73 Å². The first-order chi connectivity index (χ1) is 6.24. The molecular formula is C10H15BrN2. The van der Waals surface area contributed by atoms with E-state index >= 15 is 0 Å². The minimum Gasteiger partial charge on any atom is -0.323 e. The molecule has 2 N–H and O–H groups in total. The summed E-state index contributed by atoms with van der Waals surface area (Å²) in [7, 11) is 0. The third-order valence-electron chi connectivity index (χ3n) is 1.99. The zero-order valence-electron chi connectivity index (χ0n) is 7.83. The van der Waals surface area contributed by atoms with Crippen molar-refractivity contribution in [2.45, 2.75) is 32.2 Å². The molecule has 0 spiro atoms. The smallest absolute Gasteiger partial charge is 0.0582 e. The molecule has 0 aliphatic heterocycles. The molecule has 2 nitrogen and oxygen atoms in total. The van der Waals surface area contributed by atoms with Crippen LogP contribution in [-0.4, -0.2) is 4.98 Å². The molecule has 0 saturated heterocycles. The topological polar surface area (TPSA) is 38.9 Å². The van der Waals surface area contributed by atoms with E-state index in [1.54, 1.807) is 6.20 Å². The molecule has 72 valence electrons. The van der Waals surface area contributed by atoms with Crippen molar-refractivity contribution in [1.29, 1.82) is 0 Å². The molecule has 1 aromatic heterocycles. The van der Waals surface area contributed by atoms with E-state index in [1.807, 2.05) is 12.1 Å². The molecule has 0 unspecified atom stereocenters. The largest absolute Gasteiger partial charge is 0.323 e. The molecular weight excluding hydrogens is 228 g/mol. The minimum absolute atomic E-state index is 0.0810. The van der Waals surface area contributed by atoms with Gasteiger partial charge in [0.1, 0.15) is 0 Å². The molecule has 0 aliphatic carbocycles. The maximum Gasteiger partial charge on any atom is 0.0582 e. The highest BCUT2D eigenvalue weighted by atomic mass is 79.9. The van der Waals surface area contributed by atoms with Crippen molar-refractivity contribution >= 4 is 15.9 Å². The monoisotopic (exact) mass is 242 g/mol. The summed E-state index contributed by atoms with van der Waals surface area (Å²) in [6.45, 7) is 2.17. The van der Waals surface area contributed by atoms with E-state index in [4.69, 9.17) is 5.73 Å². The fourth-order valence-corrected chi connectivity index (χ4v) is 1.55. The molecule has 0 amide bonds. The molecule has 1 atom stereocenters. The van der Waals surface area contributed by atoms with Gasteiger partial charge < -0.3 is 5.73 Å². The SMILES string of the molecule is CCCC[C@H](N)c1cc(Br)ccn1. The van der Waals surface area contributed by atoms with Crippen LogP contribution in [0.1, 0.15) is 37.9 Å². The van der Waals surface area contributed by atoms with Crippen LogP contribution >= 0.6 is 15.9 Å². The van der Waals surface area contributed by atoms with Crippen molar-refractivity contribution in [1.82, 2.24) is 4.98 Å². The lowest BCUT2D eigenvalue weighted by Crippen LogP contribution is -2.11. The van der Waals surface area contributed by atoms with Gasteiger partial charge in [0, 0.05) is 16.7 Å². The van der Waals surface area contributed by atoms with Crippen molar-refractivity contribution < 1.29 is 0 Å². The van der Waals surface area contributed by atoms with Crippen LogP contribution in [0.15, 0.2) is 22.8 Å². The lowest BCUT2D eigenvalue weighted by Gasteiger charge is -2.09. The molecule has 0 radical (unpaired) electrons. The first kappa shape index (κ1) is 10.7. The van der Waals surface area contributed by atoms with E-state index in [-0.39, 0.29) is 6.04 Å². The molecule has 13 heavy (non-hydrogen) atoms. The Kier molecular flexibility index (Phi) is 4.39. The minimum atomic E-state index is 0.0810. The van der Waals surface area contributed by atoms with Gasteiger partial charge in [-0.25, -0.2) is 0 Å². The van der Waals surface area contributed by atoms with Gasteiger partial charge in [-0.05, 0) is 18.6 Å². The Bertz CT molecular complexity index is 263. The Morgan fingerprint density at radius 3 is 3.00 bits per heavy atom. The van der Waals surface area contributed by atoms with E-state index in [2.05, 4.69) is 27.8 Å². The normalized spacial score (nSPS) is 12.8. The average Bonchev–Trinajstić information content (AvgIpc) is 2.14. The molecule has 0 bridgehead atoms. The number of unbranched alkanes of at least 4 members (excludes halogenated alkanes) is 1. The number of hydrogen-bond acceptors (Lipinski definition) is 2. The molecule has 1 heterocycles. The van der Waals surface area contributed by atoms with Crippen LogP contribution in [0.3, 0.4) is 0 Å². The standard InChI is InChI=1S/C10H15BrN2/c1-2-3-4-9(12)10-7-8(11)5-6-13-10/h5-7,9H,2-4,12H2,1H3/t9-/m0/s1. The van der Waals surface area contributed by atoms with E-state index in [1.165, 1.54) is 6.42 Å². The second-order valence-electron chi connectivity index (χ2n) is 3.15.